The van der Waals surface area contributed by atoms with Gasteiger partial charge in [-0.3, -0.25) is 19.4 Å². The van der Waals surface area contributed by atoms with E-state index in [1.54, 1.807) is 30.3 Å². The molecule has 0 radical (unpaired) electrons. The molecule has 14 heteroatoms. The Morgan fingerprint density at radius 3 is 2.11 bits per heavy atom. The third kappa shape index (κ3) is 10.7. The van der Waals surface area contributed by atoms with Gasteiger partial charge in [-0.1, -0.05) is 30.3 Å². The second kappa shape index (κ2) is 15.3. The fourth-order valence-corrected chi connectivity index (χ4v) is 3.10. The summed E-state index contributed by atoms with van der Waals surface area (Å²) in [6.45, 7) is 0.688. The molecule has 5 atom stereocenters. The smallest absolute Gasteiger partial charge is 0.326 e. The van der Waals surface area contributed by atoms with Crippen LogP contribution in [0.4, 0.5) is 0 Å². The minimum Gasteiger partial charge on any atom is -0.480 e. The Balaban J connectivity index is 3.03. The van der Waals surface area contributed by atoms with Crippen LogP contribution in [0.1, 0.15) is 25.3 Å². The van der Waals surface area contributed by atoms with Gasteiger partial charge in [0.15, 0.2) is 5.96 Å². The van der Waals surface area contributed by atoms with Crippen LogP contribution in [-0.2, 0) is 25.6 Å². The highest BCUT2D eigenvalue weighted by Gasteiger charge is 2.32. The second-order valence-corrected chi connectivity index (χ2v) is 8.12. The van der Waals surface area contributed by atoms with E-state index >= 15 is 0 Å². The SMILES string of the molecule is CC(O)C(NC(=O)C(N)CO)C(=O)NC(CCCN=C(N)N)C(=O)NC(Cc1ccccc1)C(=O)O. The molecule has 0 aliphatic heterocycles. The number of benzene rings is 1. The number of aliphatic imine (C=N–C) groups is 1. The molecule has 0 heterocycles. The van der Waals surface area contributed by atoms with Gasteiger partial charge in [0.2, 0.25) is 17.7 Å². The zero-order valence-electron chi connectivity index (χ0n) is 20.0. The van der Waals surface area contributed by atoms with Gasteiger partial charge in [0, 0.05) is 13.0 Å². The summed E-state index contributed by atoms with van der Waals surface area (Å²) >= 11 is 0. The van der Waals surface area contributed by atoms with Gasteiger partial charge in [-0.25, -0.2) is 4.79 Å². The summed E-state index contributed by atoms with van der Waals surface area (Å²) in [5.74, 6) is -4.03. The standard InChI is InChI=1S/C22H35N7O7/c1-12(31)17(29-18(32)14(23)11-30)20(34)27-15(8-5-9-26-22(24)25)19(33)28-16(21(35)36)10-13-6-3-2-4-7-13/h2-4,6-7,12,14-17,30-31H,5,8-11,23H2,1H3,(H,27,34)(H,28,33)(H,29,32)(H,35,36)(H4,24,25,26). The maximum absolute atomic E-state index is 13.0. The van der Waals surface area contributed by atoms with Crippen molar-refractivity contribution in [3.8, 4) is 0 Å². The Labute approximate surface area is 208 Å². The normalized spacial score (nSPS) is 14.9. The summed E-state index contributed by atoms with van der Waals surface area (Å²) in [5.41, 5.74) is 16.7. The van der Waals surface area contributed by atoms with Crippen LogP contribution in [0.15, 0.2) is 35.3 Å². The van der Waals surface area contributed by atoms with E-state index in [9.17, 15) is 29.4 Å². The first-order valence-electron chi connectivity index (χ1n) is 11.2. The lowest BCUT2D eigenvalue weighted by molar-refractivity contribution is -0.142. The molecule has 3 amide bonds. The summed E-state index contributed by atoms with van der Waals surface area (Å²) in [6, 6.07) is 3.31. The number of aliphatic hydroxyl groups is 2. The Kier molecular flexibility index (Phi) is 12.9. The van der Waals surface area contributed by atoms with Crippen molar-refractivity contribution in [2.24, 2.45) is 22.2 Å². The van der Waals surface area contributed by atoms with E-state index in [4.69, 9.17) is 22.3 Å². The third-order valence-electron chi connectivity index (χ3n) is 5.07. The van der Waals surface area contributed by atoms with Crippen LogP contribution in [-0.4, -0.2) is 88.4 Å². The first-order chi connectivity index (χ1) is 17.0. The summed E-state index contributed by atoms with van der Waals surface area (Å²) in [4.78, 5) is 53.4. The van der Waals surface area contributed by atoms with Gasteiger partial charge < -0.3 is 48.5 Å². The Morgan fingerprint density at radius 2 is 1.58 bits per heavy atom. The molecule has 12 N–H and O–H groups in total. The number of aliphatic hydroxyl groups excluding tert-OH is 2. The van der Waals surface area contributed by atoms with Crippen LogP contribution < -0.4 is 33.2 Å². The molecular weight excluding hydrogens is 474 g/mol. The first kappa shape index (κ1) is 30.3. The van der Waals surface area contributed by atoms with Gasteiger partial charge in [0.05, 0.1) is 12.7 Å². The highest BCUT2D eigenvalue weighted by Crippen LogP contribution is 2.06. The predicted octanol–water partition coefficient (Wildman–Crippen LogP) is -3.48. The number of hydrogen-bond donors (Lipinski definition) is 9. The Morgan fingerprint density at radius 1 is 0.972 bits per heavy atom. The molecule has 1 aromatic carbocycles. The molecule has 0 fully saturated rings. The first-order valence-corrected chi connectivity index (χ1v) is 11.2. The number of carbonyl (C=O) groups is 4. The van der Waals surface area contributed by atoms with Crippen molar-refractivity contribution in [2.45, 2.75) is 56.5 Å². The number of carbonyl (C=O) groups excluding carboxylic acids is 3. The number of nitrogens with zero attached hydrogens (tertiary/aromatic N) is 1. The summed E-state index contributed by atoms with van der Waals surface area (Å²) in [5, 5.41) is 35.7. The van der Waals surface area contributed by atoms with Gasteiger partial charge >= 0.3 is 5.97 Å². The molecule has 0 spiro atoms. The van der Waals surface area contributed by atoms with Gasteiger partial charge in [-0.2, -0.15) is 0 Å². The number of aliphatic carboxylic acids is 1. The van der Waals surface area contributed by atoms with Crippen molar-refractivity contribution >= 4 is 29.7 Å². The quantitative estimate of drug-likeness (QED) is 0.0640. The van der Waals surface area contributed by atoms with E-state index in [0.717, 1.165) is 0 Å². The van der Waals surface area contributed by atoms with Gasteiger partial charge in [-0.05, 0) is 25.3 Å². The van der Waals surface area contributed by atoms with E-state index < -0.39 is 60.6 Å². The molecule has 200 valence electrons. The second-order valence-electron chi connectivity index (χ2n) is 8.12. The van der Waals surface area contributed by atoms with Crippen molar-refractivity contribution in [3.63, 3.8) is 0 Å². The fourth-order valence-electron chi connectivity index (χ4n) is 3.10. The van der Waals surface area contributed by atoms with E-state index in [2.05, 4.69) is 20.9 Å². The summed E-state index contributed by atoms with van der Waals surface area (Å²) in [7, 11) is 0. The van der Waals surface area contributed by atoms with Crippen molar-refractivity contribution in [2.75, 3.05) is 13.2 Å². The average Bonchev–Trinajstić information content (AvgIpc) is 2.83. The van der Waals surface area contributed by atoms with Gasteiger partial charge in [-0.15, -0.1) is 0 Å². The molecule has 1 rings (SSSR count). The lowest BCUT2D eigenvalue weighted by Gasteiger charge is -2.26. The molecular formula is C22H35N7O7. The monoisotopic (exact) mass is 509 g/mol. The molecule has 0 aliphatic carbocycles. The zero-order chi connectivity index (χ0) is 27.3. The largest absolute Gasteiger partial charge is 0.480 e. The topological polar surface area (TPSA) is 255 Å². The van der Waals surface area contributed by atoms with Crippen LogP contribution in [0.25, 0.3) is 0 Å². The van der Waals surface area contributed by atoms with E-state index in [0.29, 0.717) is 5.56 Å². The number of carboxylic acid groups (broad SMARTS) is 1. The van der Waals surface area contributed by atoms with E-state index in [1.165, 1.54) is 6.92 Å². The Bertz CT molecular complexity index is 907. The van der Waals surface area contributed by atoms with Crippen LogP contribution in [0, 0.1) is 0 Å². The van der Waals surface area contributed by atoms with Gasteiger partial charge in [0.25, 0.3) is 0 Å². The predicted molar refractivity (Wildman–Crippen MR) is 130 cm³/mol. The van der Waals surface area contributed by atoms with E-state index in [-0.39, 0.29) is 31.8 Å². The molecule has 0 aromatic heterocycles. The molecule has 5 unspecified atom stereocenters. The van der Waals surface area contributed by atoms with Crippen molar-refractivity contribution < 1.29 is 34.5 Å². The third-order valence-corrected chi connectivity index (χ3v) is 5.07. The maximum atomic E-state index is 13.0. The molecule has 14 nitrogen and oxygen atoms in total. The molecule has 0 aliphatic rings. The maximum Gasteiger partial charge on any atom is 0.326 e. The van der Waals surface area contributed by atoms with Gasteiger partial charge in [0.1, 0.15) is 24.2 Å². The number of nitrogens with one attached hydrogen (secondary N) is 3. The van der Waals surface area contributed by atoms with Crippen LogP contribution >= 0.6 is 0 Å². The number of rotatable bonds is 15. The average molecular weight is 510 g/mol. The summed E-state index contributed by atoms with van der Waals surface area (Å²) in [6.07, 6.45) is -1.12. The number of amides is 3. The molecule has 1 aromatic rings. The zero-order valence-corrected chi connectivity index (χ0v) is 20.0. The minimum absolute atomic E-state index is 0.00197. The molecule has 0 saturated heterocycles. The van der Waals surface area contributed by atoms with Crippen LogP contribution in [0.2, 0.25) is 0 Å². The van der Waals surface area contributed by atoms with Crippen LogP contribution in [0.3, 0.4) is 0 Å². The van der Waals surface area contributed by atoms with Crippen molar-refractivity contribution in [1.29, 1.82) is 0 Å². The number of nitrogens with two attached hydrogens (primary N) is 3. The molecule has 0 saturated carbocycles. The number of carboxylic acids is 1. The number of guanidine groups is 1. The highest BCUT2D eigenvalue weighted by atomic mass is 16.4. The Hall–Kier alpha value is -3.75. The van der Waals surface area contributed by atoms with Crippen LogP contribution in [0.5, 0.6) is 0 Å². The van der Waals surface area contributed by atoms with E-state index in [1.807, 2.05) is 0 Å². The lowest BCUT2D eigenvalue weighted by Crippen LogP contribution is -2.60. The van der Waals surface area contributed by atoms with Crippen molar-refractivity contribution in [3.05, 3.63) is 35.9 Å². The highest BCUT2D eigenvalue weighted by molar-refractivity contribution is 5.94. The lowest BCUT2D eigenvalue weighted by atomic mass is 10.0. The van der Waals surface area contributed by atoms with Crippen molar-refractivity contribution in [1.82, 2.24) is 16.0 Å². The summed E-state index contributed by atoms with van der Waals surface area (Å²) < 4.78 is 0. The molecule has 36 heavy (non-hydrogen) atoms. The number of hydrogen-bond acceptors (Lipinski definition) is 8. The minimum atomic E-state index is -1.50. The molecule has 0 bridgehead atoms. The fraction of sp³-hybridized carbons (Fsp3) is 0.500.